The summed E-state index contributed by atoms with van der Waals surface area (Å²) in [5.74, 6) is -1.50. The van der Waals surface area contributed by atoms with E-state index in [2.05, 4.69) is 5.32 Å². The number of amides is 2. The molecule has 1 aliphatic rings. The average Bonchev–Trinajstić information content (AvgIpc) is 2.97. The summed E-state index contributed by atoms with van der Waals surface area (Å²) in [5.41, 5.74) is 1.59. The highest BCUT2D eigenvalue weighted by atomic mass is 35.5. The van der Waals surface area contributed by atoms with Crippen molar-refractivity contribution in [2.45, 2.75) is 69.5 Å². The molecule has 0 unspecified atom stereocenters. The van der Waals surface area contributed by atoms with Crippen LogP contribution in [0.15, 0.2) is 71.6 Å². The molecule has 0 aliphatic heterocycles. The second-order valence-corrected chi connectivity index (χ2v) is 13.3. The summed E-state index contributed by atoms with van der Waals surface area (Å²) >= 11 is 12.3. The topological polar surface area (TPSA) is 86.8 Å². The summed E-state index contributed by atoms with van der Waals surface area (Å²) in [6.07, 6.45) is 4.90. The second kappa shape index (κ2) is 13.9. The van der Waals surface area contributed by atoms with E-state index in [-0.39, 0.29) is 34.1 Å². The Morgan fingerprint density at radius 1 is 0.952 bits per heavy atom. The summed E-state index contributed by atoms with van der Waals surface area (Å²) in [6, 6.07) is 15.1. The fraction of sp³-hybridized carbons (Fsp3) is 0.355. The number of sulfonamides is 1. The Labute approximate surface area is 256 Å². The minimum absolute atomic E-state index is 0.0171. The fourth-order valence-electron chi connectivity index (χ4n) is 4.96. The van der Waals surface area contributed by atoms with Gasteiger partial charge < -0.3 is 10.2 Å². The third-order valence-corrected chi connectivity index (χ3v) is 9.99. The number of hydrogen-bond donors (Lipinski definition) is 1. The van der Waals surface area contributed by atoms with Crippen molar-refractivity contribution >= 4 is 50.7 Å². The summed E-state index contributed by atoms with van der Waals surface area (Å²) in [5, 5.41) is 3.69. The third kappa shape index (κ3) is 7.82. The monoisotopic (exact) mass is 633 g/mol. The van der Waals surface area contributed by atoms with E-state index in [4.69, 9.17) is 23.2 Å². The van der Waals surface area contributed by atoms with Crippen LogP contribution in [0.5, 0.6) is 0 Å². The molecule has 0 radical (unpaired) electrons. The minimum atomic E-state index is -4.24. The van der Waals surface area contributed by atoms with Crippen LogP contribution in [0.1, 0.15) is 50.2 Å². The van der Waals surface area contributed by atoms with Crippen LogP contribution < -0.4 is 9.62 Å². The van der Waals surface area contributed by atoms with Gasteiger partial charge in [0, 0.05) is 12.6 Å². The molecule has 0 saturated heterocycles. The summed E-state index contributed by atoms with van der Waals surface area (Å²) in [6.45, 7) is 2.81. The quantitative estimate of drug-likeness (QED) is 0.276. The molecule has 7 nitrogen and oxygen atoms in total. The van der Waals surface area contributed by atoms with Gasteiger partial charge in [-0.2, -0.15) is 0 Å². The van der Waals surface area contributed by atoms with Gasteiger partial charge in [-0.3, -0.25) is 13.9 Å². The van der Waals surface area contributed by atoms with E-state index < -0.39 is 34.3 Å². The maximum Gasteiger partial charge on any atom is 0.264 e. The maximum absolute atomic E-state index is 14.0. The van der Waals surface area contributed by atoms with Crippen LogP contribution >= 0.6 is 23.2 Å². The highest BCUT2D eigenvalue weighted by Crippen LogP contribution is 2.27. The summed E-state index contributed by atoms with van der Waals surface area (Å²) < 4.78 is 42.4. The van der Waals surface area contributed by atoms with Crippen LogP contribution in [0.3, 0.4) is 0 Å². The van der Waals surface area contributed by atoms with Gasteiger partial charge in [0.1, 0.15) is 18.4 Å². The van der Waals surface area contributed by atoms with Gasteiger partial charge in [-0.25, -0.2) is 12.8 Å². The standard InChI is InChI=1S/C31H34Cl2FN3O4S/c1-21-8-15-27(16-9-21)42(40,41)37(26-13-11-24(34)12-14-26)20-30(38)36(19-23-10-17-28(32)29(33)18-23)22(2)31(39)35-25-6-4-3-5-7-25/h8-18,22,25H,3-7,19-20H2,1-2H3,(H,35,39)/t22-/m1/s1. The number of carbonyl (C=O) groups is 2. The lowest BCUT2D eigenvalue weighted by Crippen LogP contribution is -2.53. The molecular formula is C31H34Cl2FN3O4S. The molecule has 1 atom stereocenters. The Morgan fingerprint density at radius 2 is 1.60 bits per heavy atom. The Bertz CT molecular complexity index is 1510. The van der Waals surface area contributed by atoms with Gasteiger partial charge in [0.25, 0.3) is 10.0 Å². The van der Waals surface area contributed by atoms with E-state index in [1.54, 1.807) is 37.3 Å². The van der Waals surface area contributed by atoms with Gasteiger partial charge in [0.15, 0.2) is 0 Å². The van der Waals surface area contributed by atoms with E-state index in [0.29, 0.717) is 10.6 Å². The van der Waals surface area contributed by atoms with Crippen molar-refractivity contribution in [3.05, 3.63) is 93.7 Å². The molecule has 3 aromatic rings. The van der Waals surface area contributed by atoms with Crippen molar-refractivity contribution < 1.29 is 22.4 Å². The first-order valence-electron chi connectivity index (χ1n) is 13.8. The number of carbonyl (C=O) groups excluding carboxylic acids is 2. The van der Waals surface area contributed by atoms with Crippen LogP contribution in [0, 0.1) is 12.7 Å². The SMILES string of the molecule is Cc1ccc(S(=O)(=O)N(CC(=O)N(Cc2ccc(Cl)c(Cl)c2)[C@H](C)C(=O)NC2CCCCC2)c2ccc(F)cc2)cc1. The normalized spacial score (nSPS) is 14.7. The number of benzene rings is 3. The van der Waals surface area contributed by atoms with Gasteiger partial charge >= 0.3 is 0 Å². The Balaban J connectivity index is 1.68. The zero-order chi connectivity index (χ0) is 30.4. The first-order valence-corrected chi connectivity index (χ1v) is 16.0. The number of nitrogens with one attached hydrogen (secondary N) is 1. The van der Waals surface area contributed by atoms with E-state index >= 15 is 0 Å². The molecule has 0 bridgehead atoms. The Morgan fingerprint density at radius 3 is 2.21 bits per heavy atom. The smallest absolute Gasteiger partial charge is 0.264 e. The van der Waals surface area contributed by atoms with E-state index in [1.807, 2.05) is 6.92 Å². The zero-order valence-electron chi connectivity index (χ0n) is 23.5. The van der Waals surface area contributed by atoms with E-state index in [1.165, 1.54) is 29.2 Å². The molecule has 3 aromatic carbocycles. The van der Waals surface area contributed by atoms with Crippen LogP contribution in [0.4, 0.5) is 10.1 Å². The molecule has 0 spiro atoms. The summed E-state index contributed by atoms with van der Waals surface area (Å²) in [7, 11) is -4.24. The molecule has 224 valence electrons. The number of anilines is 1. The van der Waals surface area contributed by atoms with E-state index in [0.717, 1.165) is 54.1 Å². The second-order valence-electron chi connectivity index (χ2n) is 10.6. The number of halogens is 3. The molecule has 2 amide bonds. The van der Waals surface area contributed by atoms with Crippen molar-refractivity contribution in [3.8, 4) is 0 Å². The van der Waals surface area contributed by atoms with Crippen LogP contribution in [0.25, 0.3) is 0 Å². The number of aryl methyl sites for hydroxylation is 1. The molecule has 0 heterocycles. The van der Waals surface area contributed by atoms with Crippen molar-refractivity contribution in [1.29, 1.82) is 0 Å². The predicted molar refractivity (Wildman–Crippen MR) is 164 cm³/mol. The van der Waals surface area contributed by atoms with E-state index in [9.17, 15) is 22.4 Å². The van der Waals surface area contributed by atoms with Gasteiger partial charge in [-0.1, -0.05) is 66.2 Å². The fourth-order valence-corrected chi connectivity index (χ4v) is 6.69. The molecule has 1 aliphatic carbocycles. The lowest BCUT2D eigenvalue weighted by atomic mass is 9.95. The van der Waals surface area contributed by atoms with Gasteiger partial charge in [-0.05, 0) is 80.8 Å². The minimum Gasteiger partial charge on any atom is -0.352 e. The highest BCUT2D eigenvalue weighted by molar-refractivity contribution is 7.92. The maximum atomic E-state index is 14.0. The van der Waals surface area contributed by atoms with Crippen molar-refractivity contribution in [3.63, 3.8) is 0 Å². The lowest BCUT2D eigenvalue weighted by molar-refractivity contribution is -0.139. The average molecular weight is 635 g/mol. The van der Waals surface area contributed by atoms with Crippen molar-refractivity contribution in [1.82, 2.24) is 10.2 Å². The Kier molecular flexibility index (Phi) is 10.5. The molecule has 0 aromatic heterocycles. The largest absolute Gasteiger partial charge is 0.352 e. The predicted octanol–water partition coefficient (Wildman–Crippen LogP) is 6.50. The first kappa shape index (κ1) is 31.8. The lowest BCUT2D eigenvalue weighted by Gasteiger charge is -2.33. The van der Waals surface area contributed by atoms with Crippen molar-refractivity contribution in [2.24, 2.45) is 0 Å². The highest BCUT2D eigenvalue weighted by Gasteiger charge is 2.33. The van der Waals surface area contributed by atoms with Crippen LogP contribution in [-0.4, -0.2) is 43.8 Å². The molecule has 1 saturated carbocycles. The number of rotatable bonds is 10. The zero-order valence-corrected chi connectivity index (χ0v) is 25.9. The van der Waals surface area contributed by atoms with Gasteiger partial charge in [0.2, 0.25) is 11.8 Å². The third-order valence-electron chi connectivity index (χ3n) is 7.46. The molecule has 42 heavy (non-hydrogen) atoms. The van der Waals surface area contributed by atoms with Crippen molar-refractivity contribution in [2.75, 3.05) is 10.8 Å². The molecule has 4 rings (SSSR count). The van der Waals surface area contributed by atoms with Crippen LogP contribution in [0.2, 0.25) is 10.0 Å². The molecule has 1 N–H and O–H groups in total. The molecular weight excluding hydrogens is 600 g/mol. The first-order chi connectivity index (χ1) is 20.0. The molecule has 1 fully saturated rings. The molecule has 11 heteroatoms. The Hall–Kier alpha value is -3.14. The summed E-state index contributed by atoms with van der Waals surface area (Å²) in [4.78, 5) is 28.7. The number of hydrogen-bond acceptors (Lipinski definition) is 4. The number of nitrogens with zero attached hydrogens (tertiary/aromatic N) is 2. The van der Waals surface area contributed by atoms with Gasteiger partial charge in [0.05, 0.1) is 20.6 Å². The van der Waals surface area contributed by atoms with Gasteiger partial charge in [-0.15, -0.1) is 0 Å². The van der Waals surface area contributed by atoms with Crippen LogP contribution in [-0.2, 0) is 26.2 Å².